The zero-order valence-corrected chi connectivity index (χ0v) is 14.6. The first-order chi connectivity index (χ1) is 11.3. The third-order valence-electron chi connectivity index (χ3n) is 3.43. The van der Waals surface area contributed by atoms with Gasteiger partial charge in [0.15, 0.2) is 0 Å². The molecule has 0 spiro atoms. The largest absolute Gasteiger partial charge is 0.464 e. The van der Waals surface area contributed by atoms with Gasteiger partial charge in [0, 0.05) is 24.0 Å². The number of hydrogen-bond donors (Lipinski definition) is 1. The molecule has 0 saturated carbocycles. The SMILES string of the molecule is COC(=O)c1cc2ccccc2n1CCCNC(=O)OC(C)(C)C. The predicted molar refractivity (Wildman–Crippen MR) is 92.1 cm³/mol. The number of aryl methyl sites for hydroxylation is 1. The van der Waals surface area contributed by atoms with Crippen LogP contribution >= 0.6 is 0 Å². The molecule has 0 aliphatic carbocycles. The summed E-state index contributed by atoms with van der Waals surface area (Å²) in [5.74, 6) is -0.369. The second kappa shape index (κ2) is 7.38. The van der Waals surface area contributed by atoms with Gasteiger partial charge in [-0.1, -0.05) is 18.2 Å². The molecule has 1 heterocycles. The fraction of sp³-hybridized carbons (Fsp3) is 0.444. The van der Waals surface area contributed by atoms with Crippen molar-refractivity contribution in [1.82, 2.24) is 9.88 Å². The molecule has 0 unspecified atom stereocenters. The average molecular weight is 332 g/mol. The molecule has 6 heteroatoms. The number of benzene rings is 1. The van der Waals surface area contributed by atoms with Crippen LogP contribution in [0.25, 0.3) is 10.9 Å². The van der Waals surface area contributed by atoms with E-state index in [0.29, 0.717) is 25.2 Å². The van der Waals surface area contributed by atoms with E-state index in [1.54, 1.807) is 0 Å². The number of alkyl carbamates (subject to hydrolysis) is 1. The molecule has 130 valence electrons. The van der Waals surface area contributed by atoms with Crippen LogP contribution in [-0.2, 0) is 16.0 Å². The Hall–Kier alpha value is -2.50. The molecule has 0 atom stereocenters. The van der Waals surface area contributed by atoms with E-state index in [2.05, 4.69) is 5.32 Å². The molecule has 6 nitrogen and oxygen atoms in total. The average Bonchev–Trinajstić information content (AvgIpc) is 2.88. The maximum Gasteiger partial charge on any atom is 0.407 e. The van der Waals surface area contributed by atoms with E-state index in [0.717, 1.165) is 10.9 Å². The first-order valence-corrected chi connectivity index (χ1v) is 7.95. The summed E-state index contributed by atoms with van der Waals surface area (Å²) in [6.45, 7) is 6.51. The number of fused-ring (bicyclic) bond motifs is 1. The van der Waals surface area contributed by atoms with Crippen LogP contribution in [0.5, 0.6) is 0 Å². The molecule has 24 heavy (non-hydrogen) atoms. The number of carbonyl (C=O) groups excluding carboxylic acids is 2. The number of methoxy groups -OCH3 is 1. The van der Waals surface area contributed by atoms with Crippen LogP contribution in [0.4, 0.5) is 4.79 Å². The quantitative estimate of drug-likeness (QED) is 0.673. The molecule has 1 amide bonds. The zero-order valence-electron chi connectivity index (χ0n) is 14.6. The van der Waals surface area contributed by atoms with Crippen molar-refractivity contribution in [2.45, 2.75) is 39.3 Å². The molecule has 2 aromatic rings. The highest BCUT2D eigenvalue weighted by molar-refractivity contribution is 5.95. The summed E-state index contributed by atoms with van der Waals surface area (Å²) in [6, 6.07) is 9.60. The molecule has 0 radical (unpaired) electrons. The summed E-state index contributed by atoms with van der Waals surface area (Å²) in [5.41, 5.74) is 0.963. The minimum absolute atomic E-state index is 0.369. The van der Waals surface area contributed by atoms with Crippen molar-refractivity contribution in [1.29, 1.82) is 0 Å². The van der Waals surface area contributed by atoms with Gasteiger partial charge in [0.05, 0.1) is 7.11 Å². The molecule has 0 saturated heterocycles. The van der Waals surface area contributed by atoms with Crippen molar-refractivity contribution in [3.63, 3.8) is 0 Å². The number of nitrogens with one attached hydrogen (secondary N) is 1. The number of carbonyl (C=O) groups is 2. The topological polar surface area (TPSA) is 69.6 Å². The maximum atomic E-state index is 12.0. The van der Waals surface area contributed by atoms with Crippen molar-refractivity contribution in [3.8, 4) is 0 Å². The van der Waals surface area contributed by atoms with E-state index in [1.807, 2.05) is 55.7 Å². The van der Waals surface area contributed by atoms with E-state index >= 15 is 0 Å². The monoisotopic (exact) mass is 332 g/mol. The fourth-order valence-corrected chi connectivity index (χ4v) is 2.47. The Kier molecular flexibility index (Phi) is 5.49. The molecule has 1 N–H and O–H groups in total. The molecular formula is C18H24N2O4. The minimum Gasteiger partial charge on any atom is -0.464 e. The Balaban J connectivity index is 2.02. The molecule has 0 bridgehead atoms. The van der Waals surface area contributed by atoms with Crippen molar-refractivity contribution in [2.75, 3.05) is 13.7 Å². The standard InChI is InChI=1S/C18H24N2O4/c1-18(2,3)24-17(22)19-10-7-11-20-14-9-6-5-8-13(14)12-15(20)16(21)23-4/h5-6,8-9,12H,7,10-11H2,1-4H3,(H,19,22). The summed E-state index contributed by atoms with van der Waals surface area (Å²) in [4.78, 5) is 23.6. The molecule has 0 aliphatic heterocycles. The van der Waals surface area contributed by atoms with Crippen LogP contribution in [0, 0.1) is 0 Å². The number of esters is 1. The second-order valence-corrected chi connectivity index (χ2v) is 6.51. The molecule has 1 aromatic heterocycles. The molecule has 1 aromatic carbocycles. The van der Waals surface area contributed by atoms with Gasteiger partial charge in [-0.25, -0.2) is 9.59 Å². The third kappa shape index (κ3) is 4.50. The minimum atomic E-state index is -0.515. The number of para-hydroxylation sites is 1. The van der Waals surface area contributed by atoms with Crippen LogP contribution in [0.15, 0.2) is 30.3 Å². The Morgan fingerprint density at radius 3 is 2.58 bits per heavy atom. The summed E-state index contributed by atoms with van der Waals surface area (Å²) in [5, 5.41) is 3.71. The summed E-state index contributed by atoms with van der Waals surface area (Å²) >= 11 is 0. The van der Waals surface area contributed by atoms with Gasteiger partial charge >= 0.3 is 12.1 Å². The van der Waals surface area contributed by atoms with Gasteiger partial charge in [-0.2, -0.15) is 0 Å². The smallest absolute Gasteiger partial charge is 0.407 e. The van der Waals surface area contributed by atoms with E-state index in [-0.39, 0.29) is 5.97 Å². The van der Waals surface area contributed by atoms with Crippen LogP contribution in [0.3, 0.4) is 0 Å². The highest BCUT2D eigenvalue weighted by Crippen LogP contribution is 2.20. The summed E-state index contributed by atoms with van der Waals surface area (Å²) in [7, 11) is 1.37. The predicted octanol–water partition coefficient (Wildman–Crippen LogP) is 3.34. The van der Waals surface area contributed by atoms with Crippen molar-refractivity contribution in [2.24, 2.45) is 0 Å². The van der Waals surface area contributed by atoms with Crippen LogP contribution in [-0.4, -0.2) is 35.9 Å². The van der Waals surface area contributed by atoms with Crippen molar-refractivity contribution in [3.05, 3.63) is 36.0 Å². The summed E-state index contributed by atoms with van der Waals surface area (Å²) < 4.78 is 12.0. The van der Waals surface area contributed by atoms with Gasteiger partial charge in [-0.05, 0) is 39.3 Å². The van der Waals surface area contributed by atoms with E-state index in [4.69, 9.17) is 9.47 Å². The molecule has 0 fully saturated rings. The normalized spacial score (nSPS) is 11.3. The van der Waals surface area contributed by atoms with Gasteiger partial charge in [0.2, 0.25) is 0 Å². The highest BCUT2D eigenvalue weighted by atomic mass is 16.6. The lowest BCUT2D eigenvalue weighted by atomic mass is 10.2. The van der Waals surface area contributed by atoms with E-state index < -0.39 is 11.7 Å². The van der Waals surface area contributed by atoms with Gasteiger partial charge in [0.1, 0.15) is 11.3 Å². The molecular weight excluding hydrogens is 308 g/mol. The Morgan fingerprint density at radius 2 is 1.92 bits per heavy atom. The van der Waals surface area contributed by atoms with E-state index in [1.165, 1.54) is 7.11 Å². The number of aromatic nitrogens is 1. The highest BCUT2D eigenvalue weighted by Gasteiger charge is 2.17. The van der Waals surface area contributed by atoms with Crippen LogP contribution < -0.4 is 5.32 Å². The molecule has 2 rings (SSSR count). The lowest BCUT2D eigenvalue weighted by Crippen LogP contribution is -2.33. The lowest BCUT2D eigenvalue weighted by molar-refractivity contribution is 0.0523. The fourth-order valence-electron chi connectivity index (χ4n) is 2.47. The lowest BCUT2D eigenvalue weighted by Gasteiger charge is -2.19. The van der Waals surface area contributed by atoms with Crippen LogP contribution in [0.1, 0.15) is 37.7 Å². The maximum absolute atomic E-state index is 12.0. The van der Waals surface area contributed by atoms with Crippen molar-refractivity contribution >= 4 is 23.0 Å². The number of hydrogen-bond acceptors (Lipinski definition) is 4. The first-order valence-electron chi connectivity index (χ1n) is 7.95. The first kappa shape index (κ1) is 17.8. The Labute approximate surface area is 141 Å². The number of ether oxygens (including phenoxy) is 2. The zero-order chi connectivity index (χ0) is 17.7. The van der Waals surface area contributed by atoms with Gasteiger partial charge in [-0.3, -0.25) is 0 Å². The van der Waals surface area contributed by atoms with Gasteiger partial charge in [0.25, 0.3) is 0 Å². The summed E-state index contributed by atoms with van der Waals surface area (Å²) in [6.07, 6.45) is 0.232. The third-order valence-corrected chi connectivity index (χ3v) is 3.43. The number of rotatable bonds is 5. The van der Waals surface area contributed by atoms with Crippen molar-refractivity contribution < 1.29 is 19.1 Å². The van der Waals surface area contributed by atoms with E-state index in [9.17, 15) is 9.59 Å². The van der Waals surface area contributed by atoms with Gasteiger partial charge < -0.3 is 19.4 Å². The number of amides is 1. The second-order valence-electron chi connectivity index (χ2n) is 6.51. The van der Waals surface area contributed by atoms with Gasteiger partial charge in [-0.15, -0.1) is 0 Å². The Morgan fingerprint density at radius 1 is 1.21 bits per heavy atom. The van der Waals surface area contributed by atoms with Crippen LogP contribution in [0.2, 0.25) is 0 Å². The Bertz CT molecular complexity index is 728. The molecule has 0 aliphatic rings. The number of nitrogens with zero attached hydrogens (tertiary/aromatic N) is 1.